The fourth-order valence-corrected chi connectivity index (χ4v) is 1.87. The molecule has 1 aliphatic rings. The van der Waals surface area contributed by atoms with Gasteiger partial charge in [0.2, 0.25) is 5.91 Å². The number of benzene rings is 1. The third-order valence-corrected chi connectivity index (χ3v) is 3.32. The minimum atomic E-state index is -0.765. The Hall–Kier alpha value is -1.89. The zero-order valence-electron chi connectivity index (χ0n) is 10.3. The minimum Gasteiger partial charge on any atom is -0.354 e. The molecule has 18 heavy (non-hydrogen) atoms. The number of hydrogen-bond acceptors (Lipinski definition) is 2. The van der Waals surface area contributed by atoms with E-state index in [1.165, 1.54) is 6.07 Å². The standard InChI is InChI=1S/C14H15FN2O/c1-10-8-11(2-3-12(10)15)4-7-17-13(18)14(9-16)5-6-14/h2-3,8H,4-7H2,1H3,(H,17,18). The summed E-state index contributed by atoms with van der Waals surface area (Å²) < 4.78 is 13.1. The van der Waals surface area contributed by atoms with Gasteiger partial charge >= 0.3 is 0 Å². The normalized spacial score (nSPS) is 15.8. The molecule has 4 heteroatoms. The summed E-state index contributed by atoms with van der Waals surface area (Å²) in [7, 11) is 0. The number of rotatable bonds is 4. The average Bonchev–Trinajstić information content (AvgIpc) is 3.14. The molecule has 0 saturated heterocycles. The van der Waals surface area contributed by atoms with Crippen LogP contribution in [0.4, 0.5) is 4.39 Å². The zero-order chi connectivity index (χ0) is 13.2. The van der Waals surface area contributed by atoms with Crippen molar-refractivity contribution in [2.24, 2.45) is 5.41 Å². The second kappa shape index (κ2) is 4.77. The van der Waals surface area contributed by atoms with Gasteiger partial charge in [-0.25, -0.2) is 4.39 Å². The average molecular weight is 246 g/mol. The lowest BCUT2D eigenvalue weighted by Gasteiger charge is -2.08. The maximum absolute atomic E-state index is 13.1. The lowest BCUT2D eigenvalue weighted by Crippen LogP contribution is -2.32. The maximum Gasteiger partial charge on any atom is 0.240 e. The van der Waals surface area contributed by atoms with Gasteiger partial charge in [0.05, 0.1) is 6.07 Å². The Labute approximate surface area is 106 Å². The van der Waals surface area contributed by atoms with Gasteiger partial charge < -0.3 is 5.32 Å². The molecule has 0 bridgehead atoms. The first-order valence-corrected chi connectivity index (χ1v) is 6.02. The minimum absolute atomic E-state index is 0.177. The molecule has 3 nitrogen and oxygen atoms in total. The highest BCUT2D eigenvalue weighted by molar-refractivity contribution is 5.88. The summed E-state index contributed by atoms with van der Waals surface area (Å²) in [6.45, 7) is 2.19. The first kappa shape index (κ1) is 12.6. The topological polar surface area (TPSA) is 52.9 Å². The Kier molecular flexibility index (Phi) is 3.33. The SMILES string of the molecule is Cc1cc(CCNC(=O)C2(C#N)CC2)ccc1F. The number of carbonyl (C=O) groups excluding carboxylic acids is 1. The molecule has 0 aliphatic heterocycles. The monoisotopic (exact) mass is 246 g/mol. The highest BCUT2D eigenvalue weighted by Crippen LogP contribution is 2.44. The highest BCUT2D eigenvalue weighted by atomic mass is 19.1. The lowest BCUT2D eigenvalue weighted by molar-refractivity contribution is -0.124. The fourth-order valence-electron chi connectivity index (χ4n) is 1.87. The molecule has 0 heterocycles. The van der Waals surface area contributed by atoms with E-state index in [2.05, 4.69) is 11.4 Å². The van der Waals surface area contributed by atoms with E-state index in [1.54, 1.807) is 19.1 Å². The van der Waals surface area contributed by atoms with E-state index in [-0.39, 0.29) is 11.7 Å². The molecular weight excluding hydrogens is 231 g/mol. The summed E-state index contributed by atoms with van der Waals surface area (Å²) in [5.41, 5.74) is 0.823. The molecule has 1 aromatic carbocycles. The van der Waals surface area contributed by atoms with Crippen molar-refractivity contribution in [2.75, 3.05) is 6.54 Å². The predicted octanol–water partition coefficient (Wildman–Crippen LogP) is 2.10. The van der Waals surface area contributed by atoms with Crippen LogP contribution >= 0.6 is 0 Å². The summed E-state index contributed by atoms with van der Waals surface area (Å²) in [6.07, 6.45) is 1.96. The van der Waals surface area contributed by atoms with Crippen LogP contribution in [0.2, 0.25) is 0 Å². The molecule has 1 aromatic rings. The smallest absolute Gasteiger partial charge is 0.240 e. The summed E-state index contributed by atoms with van der Waals surface area (Å²) in [4.78, 5) is 11.7. The summed E-state index contributed by atoms with van der Waals surface area (Å²) >= 11 is 0. The second-order valence-corrected chi connectivity index (χ2v) is 4.78. The quantitative estimate of drug-likeness (QED) is 0.884. The van der Waals surface area contributed by atoms with E-state index in [0.717, 1.165) is 5.56 Å². The van der Waals surface area contributed by atoms with Gasteiger partial charge in [-0.2, -0.15) is 5.26 Å². The van der Waals surface area contributed by atoms with E-state index in [9.17, 15) is 9.18 Å². The van der Waals surface area contributed by atoms with Crippen molar-refractivity contribution in [1.29, 1.82) is 5.26 Å². The van der Waals surface area contributed by atoms with Crippen LogP contribution in [-0.4, -0.2) is 12.5 Å². The molecule has 0 atom stereocenters. The molecule has 94 valence electrons. The molecule has 0 radical (unpaired) electrons. The first-order valence-electron chi connectivity index (χ1n) is 6.02. The molecule has 0 unspecified atom stereocenters. The molecule has 1 amide bonds. The number of nitrogens with zero attached hydrogens (tertiary/aromatic N) is 1. The van der Waals surface area contributed by atoms with Crippen LogP contribution in [0.15, 0.2) is 18.2 Å². The maximum atomic E-state index is 13.1. The summed E-state index contributed by atoms with van der Waals surface area (Å²) in [5, 5.41) is 11.6. The molecule has 1 aliphatic carbocycles. The molecular formula is C14H15FN2O. The van der Waals surface area contributed by atoms with Gasteiger partial charge in [0.1, 0.15) is 11.2 Å². The van der Waals surface area contributed by atoms with Crippen LogP contribution in [0.25, 0.3) is 0 Å². The van der Waals surface area contributed by atoms with Crippen molar-refractivity contribution >= 4 is 5.91 Å². The number of hydrogen-bond donors (Lipinski definition) is 1. The van der Waals surface area contributed by atoms with Crippen LogP contribution in [0.1, 0.15) is 24.0 Å². The molecule has 1 N–H and O–H groups in total. The number of amides is 1. The lowest BCUT2D eigenvalue weighted by atomic mass is 10.1. The third kappa shape index (κ3) is 2.51. The Bertz CT molecular complexity index is 515. The van der Waals surface area contributed by atoms with Crippen LogP contribution in [-0.2, 0) is 11.2 Å². The van der Waals surface area contributed by atoms with Gasteiger partial charge in [0.15, 0.2) is 0 Å². The fraction of sp³-hybridized carbons (Fsp3) is 0.429. The number of nitrogens with one attached hydrogen (secondary N) is 1. The molecule has 2 rings (SSSR count). The van der Waals surface area contributed by atoms with Crippen LogP contribution in [0, 0.1) is 29.5 Å². The van der Waals surface area contributed by atoms with Gasteiger partial charge in [-0.1, -0.05) is 12.1 Å². The molecule has 0 spiro atoms. The number of nitriles is 1. The van der Waals surface area contributed by atoms with Crippen LogP contribution in [0.5, 0.6) is 0 Å². The Morgan fingerprint density at radius 2 is 2.28 bits per heavy atom. The molecule has 1 saturated carbocycles. The van der Waals surface area contributed by atoms with Crippen molar-refractivity contribution < 1.29 is 9.18 Å². The third-order valence-electron chi connectivity index (χ3n) is 3.32. The van der Waals surface area contributed by atoms with E-state index in [4.69, 9.17) is 5.26 Å². The second-order valence-electron chi connectivity index (χ2n) is 4.78. The number of carbonyl (C=O) groups is 1. The van der Waals surface area contributed by atoms with E-state index >= 15 is 0 Å². The Balaban J connectivity index is 1.84. The van der Waals surface area contributed by atoms with E-state index in [1.807, 2.05) is 0 Å². The van der Waals surface area contributed by atoms with Gasteiger partial charge in [0, 0.05) is 6.54 Å². The van der Waals surface area contributed by atoms with Crippen LogP contribution < -0.4 is 5.32 Å². The Morgan fingerprint density at radius 1 is 1.56 bits per heavy atom. The van der Waals surface area contributed by atoms with Gasteiger partial charge in [-0.15, -0.1) is 0 Å². The van der Waals surface area contributed by atoms with E-state index in [0.29, 0.717) is 31.4 Å². The Morgan fingerprint density at radius 3 is 2.83 bits per heavy atom. The zero-order valence-corrected chi connectivity index (χ0v) is 10.3. The highest BCUT2D eigenvalue weighted by Gasteiger charge is 2.50. The van der Waals surface area contributed by atoms with Gasteiger partial charge in [-0.3, -0.25) is 4.79 Å². The van der Waals surface area contributed by atoms with E-state index < -0.39 is 5.41 Å². The number of halogens is 1. The van der Waals surface area contributed by atoms with Crippen molar-refractivity contribution in [3.63, 3.8) is 0 Å². The largest absolute Gasteiger partial charge is 0.354 e. The molecule has 0 aromatic heterocycles. The number of aryl methyl sites for hydroxylation is 1. The van der Waals surface area contributed by atoms with Crippen molar-refractivity contribution in [3.05, 3.63) is 35.1 Å². The predicted molar refractivity (Wildman–Crippen MR) is 65.1 cm³/mol. The summed E-state index contributed by atoms with van der Waals surface area (Å²) in [6, 6.07) is 6.98. The van der Waals surface area contributed by atoms with Gasteiger partial charge in [-0.05, 0) is 43.4 Å². The van der Waals surface area contributed by atoms with Crippen molar-refractivity contribution in [3.8, 4) is 6.07 Å². The summed E-state index contributed by atoms with van der Waals surface area (Å²) in [5.74, 6) is -0.395. The van der Waals surface area contributed by atoms with Crippen molar-refractivity contribution in [1.82, 2.24) is 5.32 Å². The van der Waals surface area contributed by atoms with Gasteiger partial charge in [0.25, 0.3) is 0 Å². The first-order chi connectivity index (χ1) is 8.57. The van der Waals surface area contributed by atoms with Crippen molar-refractivity contribution in [2.45, 2.75) is 26.2 Å². The molecule has 1 fully saturated rings. The van der Waals surface area contributed by atoms with Crippen LogP contribution in [0.3, 0.4) is 0 Å².